The van der Waals surface area contributed by atoms with Crippen LogP contribution in [0.1, 0.15) is 44.2 Å². The largest absolute Gasteiger partial charge is 0.437 e. The Morgan fingerprint density at radius 1 is 1.25 bits per heavy atom. The van der Waals surface area contributed by atoms with Crippen molar-refractivity contribution in [3.05, 3.63) is 35.4 Å². The van der Waals surface area contributed by atoms with Crippen molar-refractivity contribution in [3.8, 4) is 0 Å². The van der Waals surface area contributed by atoms with Gasteiger partial charge in [-0.1, -0.05) is 48.8 Å². The fraction of sp³-hybridized carbons (Fsp3) is 0.579. The molecule has 9 heteroatoms. The minimum Gasteiger partial charge on any atom is -0.299 e. The second-order valence-corrected chi connectivity index (χ2v) is 9.80. The first kappa shape index (κ1) is 20.8. The third kappa shape index (κ3) is 3.44. The first-order chi connectivity index (χ1) is 12.8. The standard InChI is InChI=1S/C19H22F3NO4S/c1-12-4-6-13(7-5-12)16(19(20,21)22)23-27-28(25,26)11-18-9-8-14(10-15(18)24)17(18,2)3/h4-7,14H,8-11H2,1-3H3. The van der Waals surface area contributed by atoms with E-state index < -0.39 is 38.6 Å². The van der Waals surface area contributed by atoms with E-state index in [1.807, 2.05) is 13.8 Å². The van der Waals surface area contributed by atoms with Crippen molar-refractivity contribution in [1.82, 2.24) is 0 Å². The maximum absolute atomic E-state index is 13.4. The number of carbonyl (C=O) groups excluding carboxylic acids is 1. The molecule has 2 bridgehead atoms. The highest BCUT2D eigenvalue weighted by atomic mass is 32.2. The molecule has 1 aromatic rings. The van der Waals surface area contributed by atoms with Crippen LogP contribution in [0.15, 0.2) is 29.4 Å². The summed E-state index contributed by atoms with van der Waals surface area (Å²) in [7, 11) is -4.49. The van der Waals surface area contributed by atoms with E-state index in [1.165, 1.54) is 24.3 Å². The molecule has 2 saturated carbocycles. The van der Waals surface area contributed by atoms with Gasteiger partial charge in [0, 0.05) is 12.0 Å². The zero-order valence-corrected chi connectivity index (χ0v) is 16.7. The van der Waals surface area contributed by atoms with Crippen LogP contribution < -0.4 is 0 Å². The zero-order valence-electron chi connectivity index (χ0n) is 15.8. The lowest BCUT2D eigenvalue weighted by Crippen LogP contribution is -2.42. The first-order valence-electron chi connectivity index (χ1n) is 8.95. The highest BCUT2D eigenvalue weighted by molar-refractivity contribution is 7.86. The minimum absolute atomic E-state index is 0.0806. The van der Waals surface area contributed by atoms with Crippen LogP contribution in [0.2, 0.25) is 0 Å². The Morgan fingerprint density at radius 2 is 1.86 bits per heavy atom. The summed E-state index contributed by atoms with van der Waals surface area (Å²) in [6, 6.07) is 5.31. The van der Waals surface area contributed by atoms with Crippen molar-refractivity contribution in [2.75, 3.05) is 5.75 Å². The lowest BCUT2D eigenvalue weighted by molar-refractivity contribution is -0.128. The van der Waals surface area contributed by atoms with Crippen LogP contribution in [0.3, 0.4) is 0 Å². The summed E-state index contributed by atoms with van der Waals surface area (Å²) in [5.74, 6) is -0.748. The highest BCUT2D eigenvalue weighted by Crippen LogP contribution is 2.64. The molecular weight excluding hydrogens is 395 g/mol. The lowest BCUT2D eigenvalue weighted by Gasteiger charge is -2.35. The van der Waals surface area contributed by atoms with Gasteiger partial charge in [0.1, 0.15) is 11.5 Å². The molecule has 0 amide bonds. The summed E-state index contributed by atoms with van der Waals surface area (Å²) in [6.45, 7) is 5.38. The molecule has 2 aliphatic carbocycles. The molecule has 28 heavy (non-hydrogen) atoms. The number of benzene rings is 1. The SMILES string of the molecule is Cc1ccc(C(=NOS(=O)(=O)CC23CCC(CC2=O)C3(C)C)C(F)(F)F)cc1. The molecule has 5 nitrogen and oxygen atoms in total. The molecule has 0 spiro atoms. The number of hydrogen-bond donors (Lipinski definition) is 0. The third-order valence-electron chi connectivity index (χ3n) is 6.40. The molecular formula is C19H22F3NO4S. The van der Waals surface area contributed by atoms with Gasteiger partial charge in [0.25, 0.3) is 0 Å². The molecule has 2 fully saturated rings. The Bertz CT molecular complexity index is 919. The number of fused-ring (bicyclic) bond motifs is 2. The molecule has 2 aliphatic rings. The number of oxime groups is 1. The van der Waals surface area contributed by atoms with Crippen LogP contribution in [0.25, 0.3) is 0 Å². The topological polar surface area (TPSA) is 72.8 Å². The molecule has 0 aliphatic heterocycles. The molecule has 3 rings (SSSR count). The van der Waals surface area contributed by atoms with Gasteiger partial charge < -0.3 is 0 Å². The predicted octanol–water partition coefficient (Wildman–Crippen LogP) is 4.00. The van der Waals surface area contributed by atoms with E-state index in [4.69, 9.17) is 0 Å². The molecule has 2 atom stereocenters. The van der Waals surface area contributed by atoms with E-state index in [0.29, 0.717) is 19.3 Å². The summed E-state index contributed by atoms with van der Waals surface area (Å²) >= 11 is 0. The second kappa shape index (κ2) is 6.57. The van der Waals surface area contributed by atoms with Crippen LogP contribution in [0, 0.1) is 23.7 Å². The van der Waals surface area contributed by atoms with Crippen molar-refractivity contribution in [3.63, 3.8) is 0 Å². The number of ketones is 1. The summed E-state index contributed by atoms with van der Waals surface area (Å²) in [4.78, 5) is 12.5. The average Bonchev–Trinajstić information content (AvgIpc) is 2.89. The van der Waals surface area contributed by atoms with Crippen LogP contribution in [0.5, 0.6) is 0 Å². The normalized spacial score (nSPS) is 27.3. The van der Waals surface area contributed by atoms with Gasteiger partial charge >= 0.3 is 16.3 Å². The Kier molecular flexibility index (Phi) is 4.89. The summed E-state index contributed by atoms with van der Waals surface area (Å²) in [5.41, 5.74) is -2.67. The van der Waals surface area contributed by atoms with E-state index >= 15 is 0 Å². The van der Waals surface area contributed by atoms with Gasteiger partial charge in [-0.2, -0.15) is 21.6 Å². The summed E-state index contributed by atoms with van der Waals surface area (Å²) < 4.78 is 69.5. The number of halogens is 3. The van der Waals surface area contributed by atoms with Gasteiger partial charge in [-0.05, 0) is 31.1 Å². The number of aryl methyl sites for hydroxylation is 1. The van der Waals surface area contributed by atoms with Crippen molar-refractivity contribution in [1.29, 1.82) is 0 Å². The van der Waals surface area contributed by atoms with E-state index in [0.717, 1.165) is 5.56 Å². The smallest absolute Gasteiger partial charge is 0.299 e. The van der Waals surface area contributed by atoms with Crippen molar-refractivity contribution in [2.45, 2.75) is 46.2 Å². The minimum atomic E-state index is -4.90. The number of rotatable bonds is 5. The number of Topliss-reactive ketones (excluding diaryl/α,β-unsaturated/α-hetero) is 1. The number of carbonyl (C=O) groups is 1. The summed E-state index contributed by atoms with van der Waals surface area (Å²) in [5, 5.41) is 2.95. The first-order valence-corrected chi connectivity index (χ1v) is 10.5. The second-order valence-electron chi connectivity index (χ2n) is 8.25. The van der Waals surface area contributed by atoms with E-state index in [1.54, 1.807) is 6.92 Å². The van der Waals surface area contributed by atoms with Gasteiger partial charge in [-0.25, -0.2) is 0 Å². The zero-order chi connectivity index (χ0) is 21.0. The molecule has 0 heterocycles. The Morgan fingerprint density at radius 3 is 2.32 bits per heavy atom. The average molecular weight is 417 g/mol. The van der Waals surface area contributed by atoms with Gasteiger partial charge in [0.05, 0.1) is 5.41 Å². The number of alkyl halides is 3. The Labute approximate surface area is 162 Å². The van der Waals surface area contributed by atoms with Gasteiger partial charge in [-0.3, -0.25) is 9.08 Å². The fourth-order valence-electron chi connectivity index (χ4n) is 4.51. The maximum atomic E-state index is 13.4. The monoisotopic (exact) mass is 417 g/mol. The molecule has 0 aromatic heterocycles. The molecule has 0 saturated heterocycles. The van der Waals surface area contributed by atoms with E-state index in [2.05, 4.69) is 9.44 Å². The fourth-order valence-corrected chi connectivity index (χ4v) is 6.03. The van der Waals surface area contributed by atoms with E-state index in [-0.39, 0.29) is 17.3 Å². The highest BCUT2D eigenvalue weighted by Gasteiger charge is 2.65. The third-order valence-corrected chi connectivity index (χ3v) is 7.55. The molecule has 154 valence electrons. The Balaban J connectivity index is 1.88. The van der Waals surface area contributed by atoms with Gasteiger partial charge in [-0.15, -0.1) is 0 Å². The Hall–Kier alpha value is -1.90. The maximum Gasteiger partial charge on any atom is 0.437 e. The number of nitrogens with zero attached hydrogens (tertiary/aromatic N) is 1. The molecule has 1 aromatic carbocycles. The van der Waals surface area contributed by atoms with Crippen LogP contribution in [-0.4, -0.2) is 31.8 Å². The quantitative estimate of drug-likeness (QED) is 0.536. The molecule has 2 unspecified atom stereocenters. The number of hydrogen-bond acceptors (Lipinski definition) is 5. The molecule has 0 N–H and O–H groups in total. The van der Waals surface area contributed by atoms with Crippen LogP contribution >= 0.6 is 0 Å². The van der Waals surface area contributed by atoms with Crippen molar-refractivity contribution < 1.29 is 30.7 Å². The van der Waals surface area contributed by atoms with Crippen molar-refractivity contribution in [2.24, 2.45) is 21.9 Å². The lowest BCUT2D eigenvalue weighted by atomic mass is 9.70. The summed E-state index contributed by atoms with van der Waals surface area (Å²) in [6.07, 6.45) is -3.50. The molecule has 0 radical (unpaired) electrons. The van der Waals surface area contributed by atoms with Gasteiger partial charge in [0.2, 0.25) is 0 Å². The van der Waals surface area contributed by atoms with Crippen LogP contribution in [-0.2, 0) is 19.2 Å². The van der Waals surface area contributed by atoms with Crippen LogP contribution in [0.4, 0.5) is 13.2 Å². The van der Waals surface area contributed by atoms with E-state index in [9.17, 15) is 26.4 Å². The van der Waals surface area contributed by atoms with Crippen molar-refractivity contribution >= 4 is 21.6 Å². The predicted molar refractivity (Wildman–Crippen MR) is 97.2 cm³/mol. The van der Waals surface area contributed by atoms with Gasteiger partial charge in [0.15, 0.2) is 5.71 Å².